The van der Waals surface area contributed by atoms with Crippen molar-refractivity contribution in [1.29, 1.82) is 0 Å². The third-order valence-electron chi connectivity index (χ3n) is 5.73. The fourth-order valence-electron chi connectivity index (χ4n) is 4.05. The quantitative estimate of drug-likeness (QED) is 0.663. The van der Waals surface area contributed by atoms with Crippen molar-refractivity contribution in [3.8, 4) is 0 Å². The standard InChI is InChI=1S/C22H29N3O5/c1-2-29-22(27)21-18(17-5-3-4-6-19(17)30-21)15-23-7-9-25(10-8-23)20(26)16-24-11-13-28-14-12-24/h3-6H,2,7-16H2,1H3. The Morgan fingerprint density at radius 2 is 1.73 bits per heavy atom. The molecule has 0 spiro atoms. The number of hydrogen-bond donors (Lipinski definition) is 0. The van der Waals surface area contributed by atoms with Crippen LogP contribution in [0.5, 0.6) is 0 Å². The second-order valence-electron chi connectivity index (χ2n) is 7.67. The first kappa shape index (κ1) is 20.8. The van der Waals surface area contributed by atoms with Gasteiger partial charge in [-0.1, -0.05) is 18.2 Å². The van der Waals surface area contributed by atoms with E-state index in [0.717, 1.165) is 37.1 Å². The zero-order valence-electron chi connectivity index (χ0n) is 17.5. The Hall–Kier alpha value is -2.42. The number of esters is 1. The summed E-state index contributed by atoms with van der Waals surface area (Å²) in [5.41, 5.74) is 1.55. The van der Waals surface area contributed by atoms with Crippen LogP contribution in [0, 0.1) is 0 Å². The molecular formula is C22H29N3O5. The number of furan rings is 1. The molecule has 0 radical (unpaired) electrons. The lowest BCUT2D eigenvalue weighted by atomic mass is 10.1. The van der Waals surface area contributed by atoms with Crippen LogP contribution in [0.3, 0.4) is 0 Å². The first-order chi connectivity index (χ1) is 14.7. The topological polar surface area (TPSA) is 75.5 Å². The van der Waals surface area contributed by atoms with Gasteiger partial charge in [0.25, 0.3) is 0 Å². The van der Waals surface area contributed by atoms with E-state index in [4.69, 9.17) is 13.9 Å². The van der Waals surface area contributed by atoms with Crippen molar-refractivity contribution < 1.29 is 23.5 Å². The zero-order chi connectivity index (χ0) is 20.9. The van der Waals surface area contributed by atoms with Crippen LogP contribution in [0.25, 0.3) is 11.0 Å². The molecule has 0 N–H and O–H groups in total. The van der Waals surface area contributed by atoms with Gasteiger partial charge >= 0.3 is 5.97 Å². The molecule has 0 atom stereocenters. The summed E-state index contributed by atoms with van der Waals surface area (Å²) in [4.78, 5) is 31.4. The average Bonchev–Trinajstić information content (AvgIpc) is 3.14. The van der Waals surface area contributed by atoms with E-state index < -0.39 is 5.97 Å². The van der Waals surface area contributed by atoms with E-state index in [1.54, 1.807) is 6.92 Å². The van der Waals surface area contributed by atoms with Gasteiger partial charge in [0.1, 0.15) is 5.58 Å². The van der Waals surface area contributed by atoms with Crippen LogP contribution < -0.4 is 0 Å². The van der Waals surface area contributed by atoms with Gasteiger partial charge in [-0.3, -0.25) is 14.6 Å². The molecule has 1 aromatic carbocycles. The second kappa shape index (κ2) is 9.59. The monoisotopic (exact) mass is 415 g/mol. The van der Waals surface area contributed by atoms with Crippen molar-refractivity contribution in [2.45, 2.75) is 13.5 Å². The zero-order valence-corrected chi connectivity index (χ0v) is 17.5. The molecule has 8 heteroatoms. The summed E-state index contributed by atoms with van der Waals surface area (Å²) in [5, 5.41) is 0.936. The number of rotatable bonds is 6. The van der Waals surface area contributed by atoms with E-state index in [1.807, 2.05) is 29.2 Å². The Morgan fingerprint density at radius 3 is 2.47 bits per heavy atom. The minimum absolute atomic E-state index is 0.178. The van der Waals surface area contributed by atoms with Gasteiger partial charge in [0.15, 0.2) is 0 Å². The lowest BCUT2D eigenvalue weighted by molar-refractivity contribution is -0.135. The molecule has 2 aliphatic rings. The lowest BCUT2D eigenvalue weighted by Gasteiger charge is -2.36. The van der Waals surface area contributed by atoms with E-state index in [-0.39, 0.29) is 11.7 Å². The third kappa shape index (κ3) is 4.66. The van der Waals surface area contributed by atoms with Crippen LogP contribution >= 0.6 is 0 Å². The molecule has 30 heavy (non-hydrogen) atoms. The number of morpholine rings is 1. The predicted octanol–water partition coefficient (Wildman–Crippen LogP) is 1.59. The maximum atomic E-state index is 12.6. The highest BCUT2D eigenvalue weighted by atomic mass is 16.5. The van der Waals surface area contributed by atoms with Gasteiger partial charge in [0.2, 0.25) is 11.7 Å². The summed E-state index contributed by atoms with van der Waals surface area (Å²) < 4.78 is 16.4. The molecule has 0 aliphatic carbocycles. The van der Waals surface area contributed by atoms with Crippen molar-refractivity contribution in [3.05, 3.63) is 35.6 Å². The maximum absolute atomic E-state index is 12.6. The third-order valence-corrected chi connectivity index (χ3v) is 5.73. The Morgan fingerprint density at radius 1 is 1.00 bits per heavy atom. The van der Waals surface area contributed by atoms with Crippen molar-refractivity contribution >= 4 is 22.8 Å². The van der Waals surface area contributed by atoms with Gasteiger partial charge in [-0.2, -0.15) is 0 Å². The van der Waals surface area contributed by atoms with Crippen LogP contribution in [0.4, 0.5) is 0 Å². The highest BCUT2D eigenvalue weighted by molar-refractivity contribution is 5.96. The molecule has 2 saturated heterocycles. The van der Waals surface area contributed by atoms with Gasteiger partial charge in [-0.25, -0.2) is 4.79 Å². The molecule has 2 aromatic rings. The summed E-state index contributed by atoms with van der Waals surface area (Å²) in [6, 6.07) is 7.67. The minimum Gasteiger partial charge on any atom is -0.460 e. The molecule has 1 amide bonds. The molecule has 2 fully saturated rings. The number of ether oxygens (including phenoxy) is 2. The molecule has 3 heterocycles. The van der Waals surface area contributed by atoms with Crippen LogP contribution in [0.15, 0.2) is 28.7 Å². The largest absolute Gasteiger partial charge is 0.460 e. The van der Waals surface area contributed by atoms with Gasteiger partial charge in [-0.05, 0) is 13.0 Å². The number of amides is 1. The first-order valence-electron chi connectivity index (χ1n) is 10.6. The number of hydrogen-bond acceptors (Lipinski definition) is 7. The molecule has 162 valence electrons. The molecule has 0 unspecified atom stereocenters. The van der Waals surface area contributed by atoms with E-state index in [0.29, 0.717) is 51.6 Å². The van der Waals surface area contributed by atoms with Crippen LogP contribution in [0.1, 0.15) is 23.0 Å². The van der Waals surface area contributed by atoms with E-state index >= 15 is 0 Å². The number of fused-ring (bicyclic) bond motifs is 1. The van der Waals surface area contributed by atoms with Crippen molar-refractivity contribution in [3.63, 3.8) is 0 Å². The number of piperazine rings is 1. The molecule has 4 rings (SSSR count). The van der Waals surface area contributed by atoms with E-state index in [2.05, 4.69) is 9.80 Å². The Bertz CT molecular complexity index is 882. The van der Waals surface area contributed by atoms with Crippen molar-refractivity contribution in [2.24, 2.45) is 0 Å². The summed E-state index contributed by atoms with van der Waals surface area (Å²) in [6.07, 6.45) is 0. The molecule has 2 aliphatic heterocycles. The molecular weight excluding hydrogens is 386 g/mol. The highest BCUT2D eigenvalue weighted by Gasteiger charge is 2.27. The van der Waals surface area contributed by atoms with Crippen LogP contribution in [-0.2, 0) is 20.8 Å². The maximum Gasteiger partial charge on any atom is 0.374 e. The van der Waals surface area contributed by atoms with E-state index in [1.165, 1.54) is 0 Å². The molecule has 0 bridgehead atoms. The van der Waals surface area contributed by atoms with E-state index in [9.17, 15) is 9.59 Å². The highest BCUT2D eigenvalue weighted by Crippen LogP contribution is 2.28. The normalized spacial score (nSPS) is 18.6. The van der Waals surface area contributed by atoms with Crippen LogP contribution in [-0.4, -0.2) is 92.2 Å². The predicted molar refractivity (Wildman–Crippen MR) is 111 cm³/mol. The van der Waals surface area contributed by atoms with Crippen molar-refractivity contribution in [1.82, 2.24) is 14.7 Å². The second-order valence-corrected chi connectivity index (χ2v) is 7.67. The smallest absolute Gasteiger partial charge is 0.374 e. The number of carbonyl (C=O) groups excluding carboxylic acids is 2. The van der Waals surface area contributed by atoms with Gasteiger partial charge in [0.05, 0.1) is 26.4 Å². The number of carbonyl (C=O) groups is 2. The Kier molecular flexibility index (Phi) is 6.66. The van der Waals surface area contributed by atoms with Gasteiger partial charge in [-0.15, -0.1) is 0 Å². The fraction of sp³-hybridized carbons (Fsp3) is 0.545. The number of benzene rings is 1. The van der Waals surface area contributed by atoms with Crippen molar-refractivity contribution in [2.75, 3.05) is 65.6 Å². The fourth-order valence-corrected chi connectivity index (χ4v) is 4.05. The Balaban J connectivity index is 1.39. The van der Waals surface area contributed by atoms with Gasteiger partial charge < -0.3 is 18.8 Å². The molecule has 1 aromatic heterocycles. The van der Waals surface area contributed by atoms with Crippen LogP contribution in [0.2, 0.25) is 0 Å². The lowest BCUT2D eigenvalue weighted by Crippen LogP contribution is -2.52. The molecule has 8 nitrogen and oxygen atoms in total. The number of nitrogens with zero attached hydrogens (tertiary/aromatic N) is 3. The SMILES string of the molecule is CCOC(=O)c1oc2ccccc2c1CN1CCN(C(=O)CN2CCOCC2)CC1. The summed E-state index contributed by atoms with van der Waals surface area (Å²) in [6.45, 7) is 9.07. The molecule has 0 saturated carbocycles. The number of para-hydroxylation sites is 1. The average molecular weight is 415 g/mol. The summed E-state index contributed by atoms with van der Waals surface area (Å²) in [5.74, 6) is 0.0319. The first-order valence-corrected chi connectivity index (χ1v) is 10.6. The minimum atomic E-state index is -0.428. The summed E-state index contributed by atoms with van der Waals surface area (Å²) in [7, 11) is 0. The van der Waals surface area contributed by atoms with Gasteiger partial charge in [0, 0.05) is 56.8 Å². The Labute approximate surface area is 176 Å². The summed E-state index contributed by atoms with van der Waals surface area (Å²) >= 11 is 0.